The summed E-state index contributed by atoms with van der Waals surface area (Å²) >= 11 is 0. The molecule has 0 radical (unpaired) electrons. The van der Waals surface area contributed by atoms with Crippen LogP contribution in [0.15, 0.2) is 0 Å². The Bertz CT molecular complexity index is 121. The van der Waals surface area contributed by atoms with Gasteiger partial charge in [0.15, 0.2) is 0 Å². The average molecular weight is 159 g/mol. The molecule has 0 aromatic heterocycles. The van der Waals surface area contributed by atoms with Crippen LogP contribution in [0.2, 0.25) is 0 Å². The van der Waals surface area contributed by atoms with Crippen LogP contribution in [-0.4, -0.2) is 41.4 Å². The van der Waals surface area contributed by atoms with Crippen LogP contribution in [0.4, 0.5) is 0 Å². The third kappa shape index (κ3) is 2.10. The zero-order valence-electron chi connectivity index (χ0n) is 6.97. The fraction of sp³-hybridized carbons (Fsp3) is 0.875. The van der Waals surface area contributed by atoms with Crippen molar-refractivity contribution in [3.63, 3.8) is 0 Å². The first kappa shape index (κ1) is 8.28. The summed E-state index contributed by atoms with van der Waals surface area (Å²) in [5.74, 6) is 6.73. The third-order valence-corrected chi connectivity index (χ3v) is 3.58. The van der Waals surface area contributed by atoms with Crippen LogP contribution >= 0.6 is 10.5 Å². The summed E-state index contributed by atoms with van der Waals surface area (Å²) in [6.07, 6.45) is 0. The summed E-state index contributed by atoms with van der Waals surface area (Å²) in [7, 11) is 0.481. The van der Waals surface area contributed by atoms with E-state index in [-0.39, 0.29) is 0 Å². The maximum atomic E-state index is 4.09. The van der Waals surface area contributed by atoms with Crippen molar-refractivity contribution in [1.82, 2.24) is 4.90 Å². The van der Waals surface area contributed by atoms with Crippen LogP contribution in [0.1, 0.15) is 13.8 Å². The zero-order valence-corrected chi connectivity index (χ0v) is 7.78. The van der Waals surface area contributed by atoms with Crippen LogP contribution in [0.3, 0.4) is 0 Å². The summed E-state index contributed by atoms with van der Waals surface area (Å²) in [4.78, 5) is 2.54. The molecule has 1 aliphatic heterocycles. The summed E-state index contributed by atoms with van der Waals surface area (Å²) in [6, 6.07) is 0.734. The Kier molecular flexibility index (Phi) is 2.93. The van der Waals surface area contributed by atoms with Gasteiger partial charge in [0, 0.05) is 30.6 Å². The van der Waals surface area contributed by atoms with E-state index in [4.69, 9.17) is 0 Å². The van der Waals surface area contributed by atoms with Gasteiger partial charge in [-0.15, -0.1) is 0 Å². The Labute approximate surface area is 66.3 Å². The van der Waals surface area contributed by atoms with Gasteiger partial charge in [0.25, 0.3) is 0 Å². The molecule has 0 aromatic carbocycles. The zero-order chi connectivity index (χ0) is 7.56. The lowest BCUT2D eigenvalue weighted by Crippen LogP contribution is -2.38. The topological polar surface area (TPSA) is 3.24 Å². The predicted molar refractivity (Wildman–Crippen MR) is 51.2 cm³/mol. The molecule has 1 fully saturated rings. The molecule has 60 valence electrons. The molecule has 0 bridgehead atoms. The summed E-state index contributed by atoms with van der Waals surface area (Å²) in [6.45, 7) is 7.08. The van der Waals surface area contributed by atoms with Crippen molar-refractivity contribution in [1.29, 1.82) is 0 Å². The van der Waals surface area contributed by atoms with E-state index in [9.17, 15) is 0 Å². The normalized spacial score (nSPS) is 23.9. The number of hydrogen-bond donors (Lipinski definition) is 0. The van der Waals surface area contributed by atoms with Gasteiger partial charge >= 0.3 is 0 Å². The van der Waals surface area contributed by atoms with Crippen molar-refractivity contribution < 1.29 is 0 Å². The van der Waals surface area contributed by atoms with Gasteiger partial charge in [0.05, 0.1) is 0 Å². The van der Waals surface area contributed by atoms with Gasteiger partial charge < -0.3 is 0 Å². The molecule has 0 N–H and O–H groups in total. The van der Waals surface area contributed by atoms with E-state index in [2.05, 4.69) is 24.6 Å². The van der Waals surface area contributed by atoms with E-state index in [1.165, 1.54) is 24.6 Å². The Morgan fingerprint density at radius 1 is 1.30 bits per heavy atom. The van der Waals surface area contributed by atoms with E-state index < -0.39 is 0 Å². The van der Waals surface area contributed by atoms with Gasteiger partial charge in [-0.3, -0.25) is 4.90 Å². The van der Waals surface area contributed by atoms with Crippen molar-refractivity contribution in [3.05, 3.63) is 0 Å². The van der Waals surface area contributed by atoms with Gasteiger partial charge in [0.1, 0.15) is 0 Å². The molecule has 0 aromatic rings. The second-order valence-corrected chi connectivity index (χ2v) is 5.19. The smallest absolute Gasteiger partial charge is 0.00707 e. The lowest BCUT2D eigenvalue weighted by molar-refractivity contribution is 0.245. The molecule has 2 heteroatoms. The van der Waals surface area contributed by atoms with E-state index in [1.807, 2.05) is 0 Å². The first-order valence-electron chi connectivity index (χ1n) is 3.91. The highest BCUT2D eigenvalue weighted by molar-refractivity contribution is 8.14. The summed E-state index contributed by atoms with van der Waals surface area (Å²) in [5.41, 5.74) is 0. The van der Waals surface area contributed by atoms with E-state index in [0.717, 1.165) is 6.04 Å². The molecular weight excluding hydrogens is 142 g/mol. The van der Waals surface area contributed by atoms with Crippen LogP contribution in [0.25, 0.3) is 0 Å². The van der Waals surface area contributed by atoms with Crippen LogP contribution < -0.4 is 0 Å². The molecule has 0 saturated carbocycles. The fourth-order valence-corrected chi connectivity index (χ4v) is 2.41. The standard InChI is InChI=1S/C8H17NS/c1-8(2)9-4-6-10(3)7-5-9/h8H,3-7H2,1-2H3. The minimum atomic E-state index is 0.481. The highest BCUT2D eigenvalue weighted by Crippen LogP contribution is 2.16. The molecule has 0 unspecified atom stereocenters. The second kappa shape index (κ2) is 3.54. The molecule has 1 aliphatic rings. The maximum absolute atomic E-state index is 4.09. The molecule has 1 heterocycles. The highest BCUT2D eigenvalue weighted by Gasteiger charge is 2.13. The number of nitrogens with zero attached hydrogens (tertiary/aromatic N) is 1. The first-order chi connectivity index (χ1) is 4.70. The SMILES string of the molecule is C=S1CCN(C(C)C)CC1. The molecule has 1 nitrogen and oxygen atoms in total. The van der Waals surface area contributed by atoms with E-state index in [1.54, 1.807) is 0 Å². The van der Waals surface area contributed by atoms with Crippen molar-refractivity contribution in [3.8, 4) is 0 Å². The molecule has 0 amide bonds. The Balaban J connectivity index is 2.33. The average Bonchev–Trinajstić information content (AvgIpc) is 1.88. The Morgan fingerprint density at radius 3 is 2.20 bits per heavy atom. The predicted octanol–water partition coefficient (Wildman–Crippen LogP) is 1.41. The van der Waals surface area contributed by atoms with Crippen molar-refractivity contribution in [2.24, 2.45) is 0 Å². The first-order valence-corrected chi connectivity index (χ1v) is 5.64. The molecule has 0 atom stereocenters. The van der Waals surface area contributed by atoms with Gasteiger partial charge in [-0.2, -0.15) is 10.5 Å². The van der Waals surface area contributed by atoms with Gasteiger partial charge in [-0.25, -0.2) is 0 Å². The van der Waals surface area contributed by atoms with Crippen molar-refractivity contribution >= 4 is 16.4 Å². The van der Waals surface area contributed by atoms with Crippen molar-refractivity contribution in [2.75, 3.05) is 24.6 Å². The number of rotatable bonds is 1. The fourth-order valence-electron chi connectivity index (χ4n) is 1.22. The molecular formula is C8H17NS. The lowest BCUT2D eigenvalue weighted by atomic mass is 10.3. The molecule has 0 spiro atoms. The molecule has 0 aliphatic carbocycles. The van der Waals surface area contributed by atoms with E-state index in [0.29, 0.717) is 10.5 Å². The van der Waals surface area contributed by atoms with Gasteiger partial charge in [-0.1, -0.05) is 5.87 Å². The lowest BCUT2D eigenvalue weighted by Gasteiger charge is -2.31. The van der Waals surface area contributed by atoms with Gasteiger partial charge in [0.2, 0.25) is 0 Å². The maximum Gasteiger partial charge on any atom is 0.00707 e. The Hall–Kier alpha value is 0.180. The van der Waals surface area contributed by atoms with Crippen LogP contribution in [0, 0.1) is 0 Å². The quantitative estimate of drug-likeness (QED) is 0.523. The number of hydrogen-bond acceptors (Lipinski definition) is 1. The van der Waals surface area contributed by atoms with Crippen molar-refractivity contribution in [2.45, 2.75) is 19.9 Å². The largest absolute Gasteiger partial charge is 0.299 e. The van der Waals surface area contributed by atoms with Crippen LogP contribution in [-0.2, 0) is 0 Å². The minimum Gasteiger partial charge on any atom is -0.299 e. The summed E-state index contributed by atoms with van der Waals surface area (Å²) in [5, 5.41) is 0. The van der Waals surface area contributed by atoms with Gasteiger partial charge in [-0.05, 0) is 13.8 Å². The third-order valence-electron chi connectivity index (χ3n) is 2.06. The Morgan fingerprint density at radius 2 is 1.80 bits per heavy atom. The summed E-state index contributed by atoms with van der Waals surface area (Å²) < 4.78 is 0. The van der Waals surface area contributed by atoms with Crippen LogP contribution in [0.5, 0.6) is 0 Å². The molecule has 10 heavy (non-hydrogen) atoms. The second-order valence-electron chi connectivity index (χ2n) is 3.15. The monoisotopic (exact) mass is 159 g/mol. The highest BCUT2D eigenvalue weighted by atomic mass is 32.2. The molecule has 1 rings (SSSR count). The molecule has 1 saturated heterocycles. The van der Waals surface area contributed by atoms with E-state index >= 15 is 0 Å². The minimum absolute atomic E-state index is 0.481.